The molecule has 2 aliphatic heterocycles. The molecule has 144 valence electrons. The number of amides is 1. The standard InChI is InChI=1S/C20H29N3O2.ClH/c24-20-12-21-9-11-23(20)18-2-1-10-22(14-18)13-16-5-7-19(8-6-16)25-15-17-3-4-17;/h5-8,17-18,21H,1-4,9-15H2;1H. The second-order valence-corrected chi connectivity index (χ2v) is 7.69. The third-order valence-corrected chi connectivity index (χ3v) is 5.56. The van der Waals surface area contributed by atoms with Gasteiger partial charge in [-0.05, 0) is 55.8 Å². The minimum absolute atomic E-state index is 0. The molecule has 5 nitrogen and oxygen atoms in total. The van der Waals surface area contributed by atoms with Crippen molar-refractivity contribution in [2.24, 2.45) is 5.92 Å². The van der Waals surface area contributed by atoms with E-state index in [2.05, 4.69) is 39.4 Å². The van der Waals surface area contributed by atoms with Gasteiger partial charge in [0.1, 0.15) is 5.75 Å². The van der Waals surface area contributed by atoms with Gasteiger partial charge in [0.15, 0.2) is 0 Å². The smallest absolute Gasteiger partial charge is 0.236 e. The zero-order valence-corrected chi connectivity index (χ0v) is 16.2. The number of hydrogen-bond donors (Lipinski definition) is 1. The van der Waals surface area contributed by atoms with Crippen molar-refractivity contribution in [2.45, 2.75) is 38.3 Å². The first-order chi connectivity index (χ1) is 12.3. The highest BCUT2D eigenvalue weighted by atomic mass is 35.5. The van der Waals surface area contributed by atoms with E-state index in [1.807, 2.05) is 0 Å². The molecule has 2 saturated heterocycles. The topological polar surface area (TPSA) is 44.8 Å². The number of rotatable bonds is 6. The van der Waals surface area contributed by atoms with E-state index in [-0.39, 0.29) is 18.3 Å². The Morgan fingerprint density at radius 1 is 1.12 bits per heavy atom. The fraction of sp³-hybridized carbons (Fsp3) is 0.650. The Morgan fingerprint density at radius 2 is 1.92 bits per heavy atom. The minimum Gasteiger partial charge on any atom is -0.493 e. The summed E-state index contributed by atoms with van der Waals surface area (Å²) in [5.74, 6) is 2.03. The number of piperidine rings is 1. The number of likely N-dealkylation sites (tertiary alicyclic amines) is 1. The van der Waals surface area contributed by atoms with Crippen molar-refractivity contribution in [3.8, 4) is 5.75 Å². The summed E-state index contributed by atoms with van der Waals surface area (Å²) in [4.78, 5) is 16.7. The summed E-state index contributed by atoms with van der Waals surface area (Å²) in [6.07, 6.45) is 4.95. The van der Waals surface area contributed by atoms with Crippen LogP contribution in [0.25, 0.3) is 0 Å². The zero-order chi connectivity index (χ0) is 17.1. The zero-order valence-electron chi connectivity index (χ0n) is 15.4. The summed E-state index contributed by atoms with van der Waals surface area (Å²) in [6.45, 7) is 6.21. The normalized spacial score (nSPS) is 24.2. The van der Waals surface area contributed by atoms with Crippen LogP contribution in [0.4, 0.5) is 0 Å². The van der Waals surface area contributed by atoms with Gasteiger partial charge in [0.05, 0.1) is 13.2 Å². The largest absolute Gasteiger partial charge is 0.493 e. The number of piperazine rings is 1. The minimum atomic E-state index is 0. The van der Waals surface area contributed by atoms with Gasteiger partial charge in [0.25, 0.3) is 0 Å². The molecule has 3 fully saturated rings. The van der Waals surface area contributed by atoms with Gasteiger partial charge >= 0.3 is 0 Å². The molecule has 0 spiro atoms. The van der Waals surface area contributed by atoms with Crippen molar-refractivity contribution in [1.29, 1.82) is 0 Å². The quantitative estimate of drug-likeness (QED) is 0.823. The van der Waals surface area contributed by atoms with Crippen molar-refractivity contribution < 1.29 is 9.53 Å². The van der Waals surface area contributed by atoms with Crippen LogP contribution in [-0.2, 0) is 11.3 Å². The van der Waals surface area contributed by atoms with Crippen molar-refractivity contribution >= 4 is 18.3 Å². The summed E-state index contributed by atoms with van der Waals surface area (Å²) in [5, 5.41) is 3.16. The molecule has 1 saturated carbocycles. The maximum Gasteiger partial charge on any atom is 0.236 e. The Kier molecular flexibility index (Phi) is 6.79. The molecule has 1 unspecified atom stereocenters. The molecular weight excluding hydrogens is 350 g/mol. The maximum absolute atomic E-state index is 12.1. The highest BCUT2D eigenvalue weighted by molar-refractivity contribution is 5.85. The van der Waals surface area contributed by atoms with Crippen LogP contribution in [0, 0.1) is 5.92 Å². The average Bonchev–Trinajstić information content (AvgIpc) is 3.46. The number of benzene rings is 1. The Balaban J connectivity index is 0.00000196. The van der Waals surface area contributed by atoms with Crippen LogP contribution < -0.4 is 10.1 Å². The number of ether oxygens (including phenoxy) is 1. The number of hydrogen-bond acceptors (Lipinski definition) is 4. The predicted octanol–water partition coefficient (Wildman–Crippen LogP) is 2.29. The molecule has 1 N–H and O–H groups in total. The maximum atomic E-state index is 12.1. The molecule has 6 heteroatoms. The molecular formula is C20H30ClN3O2. The highest BCUT2D eigenvalue weighted by Gasteiger charge is 2.29. The van der Waals surface area contributed by atoms with Crippen molar-refractivity contribution in [3.05, 3.63) is 29.8 Å². The predicted molar refractivity (Wildman–Crippen MR) is 105 cm³/mol. The van der Waals surface area contributed by atoms with Crippen molar-refractivity contribution in [3.63, 3.8) is 0 Å². The number of nitrogens with zero attached hydrogens (tertiary/aromatic N) is 2. The molecule has 0 bridgehead atoms. The molecule has 1 amide bonds. The van der Waals surface area contributed by atoms with Gasteiger partial charge in [0.2, 0.25) is 5.91 Å². The van der Waals surface area contributed by atoms with Crippen LogP contribution in [0.15, 0.2) is 24.3 Å². The number of halogens is 1. The highest BCUT2D eigenvalue weighted by Crippen LogP contribution is 2.29. The summed E-state index contributed by atoms with van der Waals surface area (Å²) in [7, 11) is 0. The summed E-state index contributed by atoms with van der Waals surface area (Å²) in [5.41, 5.74) is 1.33. The van der Waals surface area contributed by atoms with Crippen molar-refractivity contribution in [2.75, 3.05) is 39.3 Å². The van der Waals surface area contributed by atoms with E-state index in [4.69, 9.17) is 4.74 Å². The van der Waals surface area contributed by atoms with Gasteiger partial charge in [-0.1, -0.05) is 12.1 Å². The Labute approximate surface area is 162 Å². The summed E-state index contributed by atoms with van der Waals surface area (Å²) >= 11 is 0. The Bertz CT molecular complexity index is 591. The third kappa shape index (κ3) is 5.12. The lowest BCUT2D eigenvalue weighted by molar-refractivity contribution is -0.135. The van der Waals surface area contributed by atoms with E-state index in [9.17, 15) is 4.79 Å². The molecule has 1 aromatic rings. The lowest BCUT2D eigenvalue weighted by Crippen LogP contribution is -2.56. The lowest BCUT2D eigenvalue weighted by Gasteiger charge is -2.41. The summed E-state index contributed by atoms with van der Waals surface area (Å²) < 4.78 is 5.82. The van der Waals surface area contributed by atoms with Gasteiger partial charge in [-0.15, -0.1) is 12.4 Å². The molecule has 1 aliphatic carbocycles. The van der Waals surface area contributed by atoms with Gasteiger partial charge < -0.3 is 15.0 Å². The SMILES string of the molecule is Cl.O=C1CNCCN1C1CCCN(Cc2ccc(OCC3CC3)cc2)C1. The van der Waals surface area contributed by atoms with E-state index < -0.39 is 0 Å². The average molecular weight is 380 g/mol. The van der Waals surface area contributed by atoms with Gasteiger partial charge in [-0.2, -0.15) is 0 Å². The first kappa shape index (κ1) is 19.5. The first-order valence-corrected chi connectivity index (χ1v) is 9.72. The van der Waals surface area contributed by atoms with Crippen LogP contribution >= 0.6 is 12.4 Å². The van der Waals surface area contributed by atoms with Gasteiger partial charge in [-0.25, -0.2) is 0 Å². The van der Waals surface area contributed by atoms with Crippen LogP contribution in [0.5, 0.6) is 5.75 Å². The second kappa shape index (κ2) is 9.07. The lowest BCUT2D eigenvalue weighted by atomic mass is 10.0. The molecule has 2 heterocycles. The molecule has 3 aliphatic rings. The van der Waals surface area contributed by atoms with E-state index in [0.29, 0.717) is 12.6 Å². The second-order valence-electron chi connectivity index (χ2n) is 7.69. The molecule has 4 rings (SSSR count). The summed E-state index contributed by atoms with van der Waals surface area (Å²) in [6, 6.07) is 8.94. The van der Waals surface area contributed by atoms with E-state index in [1.165, 1.54) is 24.8 Å². The Hall–Kier alpha value is -1.30. The molecule has 1 atom stereocenters. The number of carbonyl (C=O) groups excluding carboxylic acids is 1. The monoisotopic (exact) mass is 379 g/mol. The van der Waals surface area contributed by atoms with E-state index >= 15 is 0 Å². The molecule has 0 aromatic heterocycles. The van der Waals surface area contributed by atoms with E-state index in [0.717, 1.165) is 57.4 Å². The van der Waals surface area contributed by atoms with Crippen LogP contribution in [-0.4, -0.2) is 61.1 Å². The molecule has 0 radical (unpaired) electrons. The first-order valence-electron chi connectivity index (χ1n) is 9.72. The molecule has 1 aromatic carbocycles. The van der Waals surface area contributed by atoms with Crippen LogP contribution in [0.2, 0.25) is 0 Å². The fourth-order valence-electron chi connectivity index (χ4n) is 3.88. The van der Waals surface area contributed by atoms with Gasteiger partial charge in [-0.3, -0.25) is 9.69 Å². The number of carbonyl (C=O) groups is 1. The fourth-order valence-corrected chi connectivity index (χ4v) is 3.88. The van der Waals surface area contributed by atoms with Crippen LogP contribution in [0.1, 0.15) is 31.2 Å². The van der Waals surface area contributed by atoms with Crippen molar-refractivity contribution in [1.82, 2.24) is 15.1 Å². The Morgan fingerprint density at radius 3 is 2.65 bits per heavy atom. The van der Waals surface area contributed by atoms with Gasteiger partial charge in [0, 0.05) is 32.2 Å². The third-order valence-electron chi connectivity index (χ3n) is 5.56. The van der Waals surface area contributed by atoms with E-state index in [1.54, 1.807) is 0 Å². The van der Waals surface area contributed by atoms with Crippen LogP contribution in [0.3, 0.4) is 0 Å². The molecule has 26 heavy (non-hydrogen) atoms. The number of nitrogens with one attached hydrogen (secondary N) is 1.